The Morgan fingerprint density at radius 2 is 2.41 bits per heavy atom. The van der Waals surface area contributed by atoms with E-state index in [2.05, 4.69) is 16.9 Å². The van der Waals surface area contributed by atoms with Crippen LogP contribution in [0.25, 0.3) is 0 Å². The van der Waals surface area contributed by atoms with E-state index in [1.54, 1.807) is 0 Å². The average molecular weight is 251 g/mol. The van der Waals surface area contributed by atoms with Crippen LogP contribution in [0, 0.1) is 0 Å². The van der Waals surface area contributed by atoms with Crippen LogP contribution in [0.3, 0.4) is 0 Å². The van der Waals surface area contributed by atoms with Gasteiger partial charge < -0.3 is 10.5 Å². The first-order valence-electron chi connectivity index (χ1n) is 5.78. The van der Waals surface area contributed by atoms with Crippen molar-refractivity contribution in [2.75, 3.05) is 12.9 Å². The topological polar surface area (TPSA) is 52.3 Å². The highest BCUT2D eigenvalue weighted by molar-refractivity contribution is 7.99. The summed E-state index contributed by atoms with van der Waals surface area (Å²) < 4.78 is 4.63. The molecule has 2 N–H and O–H groups in total. The lowest BCUT2D eigenvalue weighted by atomic mass is 10.00. The van der Waals surface area contributed by atoms with E-state index in [-0.39, 0.29) is 18.4 Å². The van der Waals surface area contributed by atoms with Crippen LogP contribution >= 0.6 is 11.8 Å². The Kier molecular flexibility index (Phi) is 4.07. The molecule has 17 heavy (non-hydrogen) atoms. The summed E-state index contributed by atoms with van der Waals surface area (Å²) in [6.45, 7) is 0. The van der Waals surface area contributed by atoms with Gasteiger partial charge in [0, 0.05) is 10.9 Å². The van der Waals surface area contributed by atoms with E-state index in [0.29, 0.717) is 0 Å². The van der Waals surface area contributed by atoms with E-state index in [9.17, 15) is 4.79 Å². The zero-order valence-corrected chi connectivity index (χ0v) is 10.8. The molecular formula is C13H17NO2S. The van der Waals surface area contributed by atoms with Gasteiger partial charge in [-0.3, -0.25) is 4.79 Å². The van der Waals surface area contributed by atoms with Crippen LogP contribution in [0.15, 0.2) is 23.1 Å². The molecule has 0 aromatic heterocycles. The molecule has 92 valence electrons. The first kappa shape index (κ1) is 12.5. The van der Waals surface area contributed by atoms with Crippen LogP contribution in [-0.2, 0) is 16.0 Å². The van der Waals surface area contributed by atoms with Crippen molar-refractivity contribution in [2.24, 2.45) is 5.73 Å². The first-order chi connectivity index (χ1) is 8.20. The third-order valence-corrected chi connectivity index (χ3v) is 4.18. The molecule has 1 aromatic carbocycles. The zero-order valence-electron chi connectivity index (χ0n) is 9.94. The smallest absolute Gasteiger partial charge is 0.307 e. The second-order valence-electron chi connectivity index (χ2n) is 4.21. The summed E-state index contributed by atoms with van der Waals surface area (Å²) >= 11 is 1.90. The predicted octanol–water partition coefficient (Wildman–Crippen LogP) is 2.29. The second-order valence-corrected chi connectivity index (χ2v) is 5.34. The Hall–Kier alpha value is -1.00. The standard InChI is InChI=1S/C13H17NO2S/c1-16-13(15)8-11(14)9-4-5-12-10(7-9)3-2-6-17-12/h4-5,7,11H,2-3,6,8,14H2,1H3. The number of hydrogen-bond donors (Lipinski definition) is 1. The SMILES string of the molecule is COC(=O)CC(N)c1ccc2c(c1)CCCS2. The number of carbonyl (C=O) groups excluding carboxylic acids is 1. The number of fused-ring (bicyclic) bond motifs is 1. The number of rotatable bonds is 3. The molecular weight excluding hydrogens is 234 g/mol. The van der Waals surface area contributed by atoms with Crippen molar-refractivity contribution in [1.29, 1.82) is 0 Å². The Morgan fingerprint density at radius 3 is 3.18 bits per heavy atom. The molecule has 0 saturated carbocycles. The molecule has 1 unspecified atom stereocenters. The Bertz CT molecular complexity index is 420. The average Bonchev–Trinajstić information content (AvgIpc) is 2.38. The van der Waals surface area contributed by atoms with Crippen molar-refractivity contribution < 1.29 is 9.53 Å². The molecule has 4 heteroatoms. The number of esters is 1. The molecule has 3 nitrogen and oxygen atoms in total. The monoisotopic (exact) mass is 251 g/mol. The van der Waals surface area contributed by atoms with E-state index in [0.717, 1.165) is 12.0 Å². The molecule has 0 bridgehead atoms. The third-order valence-electron chi connectivity index (χ3n) is 2.97. The number of aryl methyl sites for hydroxylation is 1. The maximum atomic E-state index is 11.2. The maximum Gasteiger partial charge on any atom is 0.307 e. The lowest BCUT2D eigenvalue weighted by Gasteiger charge is -2.18. The van der Waals surface area contributed by atoms with E-state index in [1.165, 1.54) is 29.7 Å². The highest BCUT2D eigenvalue weighted by Gasteiger charge is 2.15. The van der Waals surface area contributed by atoms with Gasteiger partial charge in [-0.15, -0.1) is 11.8 Å². The molecule has 0 fully saturated rings. The van der Waals surface area contributed by atoms with Gasteiger partial charge in [0.2, 0.25) is 0 Å². The number of hydrogen-bond acceptors (Lipinski definition) is 4. The minimum absolute atomic E-state index is 0.239. The summed E-state index contributed by atoms with van der Waals surface area (Å²) in [5, 5.41) is 0. The molecule has 0 aliphatic carbocycles. The van der Waals surface area contributed by atoms with E-state index >= 15 is 0 Å². The lowest BCUT2D eigenvalue weighted by Crippen LogP contribution is -2.16. The number of ether oxygens (including phenoxy) is 1. The van der Waals surface area contributed by atoms with Gasteiger partial charge >= 0.3 is 5.97 Å². The van der Waals surface area contributed by atoms with Gasteiger partial charge in [0.1, 0.15) is 0 Å². The number of carbonyl (C=O) groups is 1. The van der Waals surface area contributed by atoms with Gasteiger partial charge in [0.25, 0.3) is 0 Å². The van der Waals surface area contributed by atoms with Gasteiger partial charge in [-0.05, 0) is 35.8 Å². The molecule has 0 amide bonds. The highest BCUT2D eigenvalue weighted by Crippen LogP contribution is 2.31. The van der Waals surface area contributed by atoms with Gasteiger partial charge in [0.15, 0.2) is 0 Å². The Labute approximate surface area is 106 Å². The summed E-state index contributed by atoms with van der Waals surface area (Å²) in [6, 6.07) is 6.01. The van der Waals surface area contributed by atoms with Crippen molar-refractivity contribution in [3.8, 4) is 0 Å². The molecule has 1 heterocycles. The number of methoxy groups -OCH3 is 1. The minimum atomic E-state index is -0.264. The fraction of sp³-hybridized carbons (Fsp3) is 0.462. The maximum absolute atomic E-state index is 11.2. The number of nitrogens with two attached hydrogens (primary N) is 1. The molecule has 0 radical (unpaired) electrons. The second kappa shape index (κ2) is 5.56. The normalized spacial score (nSPS) is 16.1. The number of benzene rings is 1. The van der Waals surface area contributed by atoms with E-state index < -0.39 is 0 Å². The Morgan fingerprint density at radius 1 is 1.59 bits per heavy atom. The lowest BCUT2D eigenvalue weighted by molar-refractivity contribution is -0.141. The van der Waals surface area contributed by atoms with Crippen molar-refractivity contribution in [2.45, 2.75) is 30.2 Å². The molecule has 1 aromatic rings. The minimum Gasteiger partial charge on any atom is -0.469 e. The van der Waals surface area contributed by atoms with Crippen molar-refractivity contribution >= 4 is 17.7 Å². The summed E-state index contributed by atoms with van der Waals surface area (Å²) in [4.78, 5) is 12.5. The number of thioether (sulfide) groups is 1. The van der Waals surface area contributed by atoms with Crippen molar-refractivity contribution in [3.05, 3.63) is 29.3 Å². The quantitative estimate of drug-likeness (QED) is 0.837. The largest absolute Gasteiger partial charge is 0.469 e. The molecule has 1 atom stereocenters. The molecule has 0 spiro atoms. The van der Waals surface area contributed by atoms with Gasteiger partial charge in [-0.2, -0.15) is 0 Å². The zero-order chi connectivity index (χ0) is 12.3. The third kappa shape index (κ3) is 3.01. The molecule has 1 aliphatic rings. The summed E-state index contributed by atoms with van der Waals surface area (Å²) in [5.74, 6) is 0.935. The van der Waals surface area contributed by atoms with Crippen LogP contribution < -0.4 is 5.73 Å². The van der Waals surface area contributed by atoms with E-state index in [1.807, 2.05) is 17.8 Å². The van der Waals surface area contributed by atoms with Crippen LogP contribution in [-0.4, -0.2) is 18.8 Å². The van der Waals surface area contributed by atoms with Gasteiger partial charge in [-0.1, -0.05) is 12.1 Å². The first-order valence-corrected chi connectivity index (χ1v) is 6.77. The molecule has 1 aliphatic heterocycles. The predicted molar refractivity (Wildman–Crippen MR) is 69.0 cm³/mol. The summed E-state index contributed by atoms with van der Waals surface area (Å²) in [6.07, 6.45) is 2.57. The van der Waals surface area contributed by atoms with Crippen molar-refractivity contribution in [3.63, 3.8) is 0 Å². The van der Waals surface area contributed by atoms with Crippen LogP contribution in [0.4, 0.5) is 0 Å². The van der Waals surface area contributed by atoms with Crippen LogP contribution in [0.2, 0.25) is 0 Å². The van der Waals surface area contributed by atoms with E-state index in [4.69, 9.17) is 5.73 Å². The highest BCUT2D eigenvalue weighted by atomic mass is 32.2. The fourth-order valence-electron chi connectivity index (χ4n) is 1.99. The van der Waals surface area contributed by atoms with Crippen LogP contribution in [0.1, 0.15) is 30.0 Å². The van der Waals surface area contributed by atoms with Gasteiger partial charge in [0.05, 0.1) is 13.5 Å². The van der Waals surface area contributed by atoms with Crippen LogP contribution in [0.5, 0.6) is 0 Å². The fourth-order valence-corrected chi connectivity index (χ4v) is 3.01. The summed E-state index contributed by atoms with van der Waals surface area (Å²) in [7, 11) is 1.39. The summed E-state index contributed by atoms with van der Waals surface area (Å²) in [5.41, 5.74) is 8.38. The molecule has 2 rings (SSSR count). The molecule has 0 saturated heterocycles. The Balaban J connectivity index is 2.13. The van der Waals surface area contributed by atoms with Crippen molar-refractivity contribution in [1.82, 2.24) is 0 Å². The van der Waals surface area contributed by atoms with Gasteiger partial charge in [-0.25, -0.2) is 0 Å².